The molecule has 3 rings (SSSR count). The lowest BCUT2D eigenvalue weighted by Crippen LogP contribution is -2.41. The monoisotopic (exact) mass is 310 g/mol. The van der Waals surface area contributed by atoms with Crippen LogP contribution in [0.1, 0.15) is 33.3 Å². The molecule has 1 aromatic heterocycles. The summed E-state index contributed by atoms with van der Waals surface area (Å²) in [6.07, 6.45) is 7.99. The Hall–Kier alpha value is -1.85. The summed E-state index contributed by atoms with van der Waals surface area (Å²) in [6, 6.07) is 10.2. The van der Waals surface area contributed by atoms with Crippen molar-refractivity contribution in [3.63, 3.8) is 0 Å². The molecule has 5 heteroatoms. The van der Waals surface area contributed by atoms with Crippen LogP contribution in [0.4, 0.5) is 0 Å². The molecule has 4 nitrogen and oxygen atoms in total. The molecule has 0 unspecified atom stereocenters. The Morgan fingerprint density at radius 2 is 1.74 bits per heavy atom. The van der Waals surface area contributed by atoms with Crippen LogP contribution in [-0.2, 0) is 15.9 Å². The fraction of sp³-hybridized carbons (Fsp3) is 0.389. The Morgan fingerprint density at radius 3 is 2.39 bits per heavy atom. The van der Waals surface area contributed by atoms with Crippen molar-refractivity contribution in [1.29, 1.82) is 0 Å². The van der Waals surface area contributed by atoms with E-state index < -0.39 is 0 Å². The minimum Gasteiger partial charge on any atom is -0.399 e. The van der Waals surface area contributed by atoms with E-state index in [9.17, 15) is 0 Å². The molecule has 0 spiro atoms. The van der Waals surface area contributed by atoms with Crippen LogP contribution in [0, 0.1) is 0 Å². The summed E-state index contributed by atoms with van der Waals surface area (Å²) in [5, 5.41) is 4.39. The van der Waals surface area contributed by atoms with Crippen molar-refractivity contribution >= 4 is 18.7 Å². The second-order valence-electron chi connectivity index (χ2n) is 6.90. The van der Waals surface area contributed by atoms with Gasteiger partial charge >= 0.3 is 7.12 Å². The van der Waals surface area contributed by atoms with Crippen LogP contribution in [-0.4, -0.2) is 28.1 Å². The molecule has 0 N–H and O–H groups in total. The first-order chi connectivity index (χ1) is 10.9. The van der Waals surface area contributed by atoms with Gasteiger partial charge in [0.25, 0.3) is 0 Å². The lowest BCUT2D eigenvalue weighted by molar-refractivity contribution is 0.00578. The second-order valence-corrected chi connectivity index (χ2v) is 6.90. The van der Waals surface area contributed by atoms with Crippen molar-refractivity contribution in [2.45, 2.75) is 45.4 Å². The van der Waals surface area contributed by atoms with E-state index in [0.29, 0.717) is 6.54 Å². The van der Waals surface area contributed by atoms with Crippen LogP contribution in [0.5, 0.6) is 0 Å². The molecule has 0 radical (unpaired) electrons. The molecule has 0 aliphatic carbocycles. The zero-order chi connectivity index (χ0) is 16.5. The predicted octanol–water partition coefficient (Wildman–Crippen LogP) is 2.90. The van der Waals surface area contributed by atoms with Gasteiger partial charge < -0.3 is 9.31 Å². The quantitative estimate of drug-likeness (QED) is 0.815. The molecule has 0 atom stereocenters. The van der Waals surface area contributed by atoms with E-state index in [1.165, 1.54) is 5.56 Å². The average Bonchev–Trinajstić information content (AvgIpc) is 3.03. The molecular weight excluding hydrogens is 287 g/mol. The Kier molecular flexibility index (Phi) is 4.17. The highest BCUT2D eigenvalue weighted by Gasteiger charge is 2.52. The normalized spacial score (nSPS) is 19.6. The van der Waals surface area contributed by atoms with Crippen LogP contribution in [0.15, 0.2) is 48.8 Å². The van der Waals surface area contributed by atoms with Crippen LogP contribution >= 0.6 is 0 Å². The lowest BCUT2D eigenvalue weighted by atomic mass is 9.82. The summed E-state index contributed by atoms with van der Waals surface area (Å²) in [6.45, 7) is 8.94. The smallest absolute Gasteiger partial charge is 0.399 e. The number of aromatic nitrogens is 2. The van der Waals surface area contributed by atoms with E-state index in [0.717, 1.165) is 5.46 Å². The summed E-state index contributed by atoms with van der Waals surface area (Å²) in [7, 11) is -0.355. The molecule has 2 heterocycles. The molecule has 1 aliphatic heterocycles. The fourth-order valence-electron chi connectivity index (χ4n) is 2.44. The number of nitrogens with zero attached hydrogens (tertiary/aromatic N) is 2. The SMILES string of the molecule is CC1(C)OB(c2cnn(C/C=C/c3ccccc3)c2)OC1(C)C. The van der Waals surface area contributed by atoms with Gasteiger partial charge in [-0.05, 0) is 33.3 Å². The minimum atomic E-state index is -0.355. The van der Waals surface area contributed by atoms with Crippen LogP contribution < -0.4 is 5.46 Å². The number of allylic oxidation sites excluding steroid dienone is 1. The van der Waals surface area contributed by atoms with Gasteiger partial charge in [-0.3, -0.25) is 4.68 Å². The molecule has 0 saturated carbocycles. The molecule has 1 saturated heterocycles. The van der Waals surface area contributed by atoms with Crippen molar-refractivity contribution in [3.05, 3.63) is 54.4 Å². The molecule has 1 aliphatic rings. The van der Waals surface area contributed by atoms with Gasteiger partial charge in [0.1, 0.15) is 0 Å². The fourth-order valence-corrected chi connectivity index (χ4v) is 2.44. The summed E-state index contributed by atoms with van der Waals surface area (Å²) < 4.78 is 14.0. The maximum atomic E-state index is 6.04. The topological polar surface area (TPSA) is 36.3 Å². The molecule has 0 bridgehead atoms. The van der Waals surface area contributed by atoms with E-state index in [1.54, 1.807) is 0 Å². The summed E-state index contributed by atoms with van der Waals surface area (Å²) in [5.41, 5.74) is 1.49. The highest BCUT2D eigenvalue weighted by Crippen LogP contribution is 2.36. The Morgan fingerprint density at radius 1 is 1.09 bits per heavy atom. The second kappa shape index (κ2) is 5.98. The molecule has 0 amide bonds. The van der Waals surface area contributed by atoms with E-state index in [-0.39, 0.29) is 18.3 Å². The van der Waals surface area contributed by atoms with Crippen LogP contribution in [0.25, 0.3) is 6.08 Å². The van der Waals surface area contributed by atoms with Gasteiger partial charge in [0.2, 0.25) is 0 Å². The number of hydrogen-bond acceptors (Lipinski definition) is 3. The van der Waals surface area contributed by atoms with Crippen LogP contribution in [0.3, 0.4) is 0 Å². The highest BCUT2D eigenvalue weighted by atomic mass is 16.7. The Bertz CT molecular complexity index is 676. The third-order valence-electron chi connectivity index (χ3n) is 4.58. The van der Waals surface area contributed by atoms with Crippen molar-refractivity contribution in [1.82, 2.24) is 9.78 Å². The van der Waals surface area contributed by atoms with Gasteiger partial charge in [-0.25, -0.2) is 0 Å². The Labute approximate surface area is 138 Å². The van der Waals surface area contributed by atoms with E-state index in [2.05, 4.69) is 57.1 Å². The van der Waals surface area contributed by atoms with Gasteiger partial charge in [-0.2, -0.15) is 5.10 Å². The standard InChI is InChI=1S/C18H23BN2O2/c1-17(2)18(3,4)23-19(22-17)16-13-20-21(14-16)12-8-11-15-9-6-5-7-10-15/h5-11,13-14H,12H2,1-4H3/b11-8+. The third kappa shape index (κ3) is 3.41. The first-order valence-electron chi connectivity index (χ1n) is 7.97. The molecule has 1 aromatic carbocycles. The number of benzene rings is 1. The van der Waals surface area contributed by atoms with Crippen molar-refractivity contribution in [3.8, 4) is 0 Å². The summed E-state index contributed by atoms with van der Waals surface area (Å²) in [5.74, 6) is 0. The molecular formula is C18H23BN2O2. The molecule has 120 valence electrons. The van der Waals surface area contributed by atoms with Crippen molar-refractivity contribution in [2.24, 2.45) is 0 Å². The lowest BCUT2D eigenvalue weighted by Gasteiger charge is -2.32. The third-order valence-corrected chi connectivity index (χ3v) is 4.58. The van der Waals surface area contributed by atoms with Crippen LogP contribution in [0.2, 0.25) is 0 Å². The average molecular weight is 310 g/mol. The minimum absolute atomic E-state index is 0.326. The van der Waals surface area contributed by atoms with Crippen molar-refractivity contribution < 1.29 is 9.31 Å². The predicted molar refractivity (Wildman–Crippen MR) is 93.4 cm³/mol. The van der Waals surface area contributed by atoms with Gasteiger partial charge in [-0.1, -0.05) is 42.5 Å². The first kappa shape index (κ1) is 16.0. The summed E-state index contributed by atoms with van der Waals surface area (Å²) in [4.78, 5) is 0. The zero-order valence-corrected chi connectivity index (χ0v) is 14.2. The summed E-state index contributed by atoms with van der Waals surface area (Å²) >= 11 is 0. The Balaban J connectivity index is 1.64. The largest absolute Gasteiger partial charge is 0.498 e. The molecule has 1 fully saturated rings. The van der Waals surface area contributed by atoms with E-state index >= 15 is 0 Å². The van der Waals surface area contributed by atoms with Gasteiger partial charge in [0.15, 0.2) is 0 Å². The van der Waals surface area contributed by atoms with Gasteiger partial charge in [0, 0.05) is 17.9 Å². The maximum Gasteiger partial charge on any atom is 0.498 e. The van der Waals surface area contributed by atoms with Gasteiger partial charge in [0.05, 0.1) is 17.7 Å². The first-order valence-corrected chi connectivity index (χ1v) is 7.97. The van der Waals surface area contributed by atoms with Crippen molar-refractivity contribution in [2.75, 3.05) is 0 Å². The zero-order valence-electron chi connectivity index (χ0n) is 14.2. The number of hydrogen-bond donors (Lipinski definition) is 0. The van der Waals surface area contributed by atoms with E-state index in [4.69, 9.17) is 9.31 Å². The highest BCUT2D eigenvalue weighted by molar-refractivity contribution is 6.61. The molecule has 23 heavy (non-hydrogen) atoms. The number of rotatable bonds is 4. The van der Waals surface area contributed by atoms with E-state index in [1.807, 2.05) is 35.3 Å². The maximum absolute atomic E-state index is 6.04. The molecule has 2 aromatic rings. The van der Waals surface area contributed by atoms with Gasteiger partial charge in [-0.15, -0.1) is 0 Å².